The molecule has 1 heterocycles. The van der Waals surface area contributed by atoms with Crippen LogP contribution in [-0.4, -0.2) is 47.6 Å². The Morgan fingerprint density at radius 1 is 1.07 bits per heavy atom. The molecule has 3 rings (SSSR count). The maximum absolute atomic E-state index is 9.55. The topological polar surface area (TPSA) is 77.8 Å². The van der Waals surface area contributed by atoms with Crippen LogP contribution in [0.5, 0.6) is 0 Å². The Hall–Kier alpha value is -2.83. The lowest BCUT2D eigenvalue weighted by molar-refractivity contribution is -0.134. The van der Waals surface area contributed by atoms with Crippen molar-refractivity contribution in [1.29, 1.82) is 0 Å². The predicted molar refractivity (Wildman–Crippen MR) is 117 cm³/mol. The Labute approximate surface area is 179 Å². The first kappa shape index (κ1) is 18.2. The third kappa shape index (κ3) is 7.25. The van der Waals surface area contributed by atoms with E-state index in [9.17, 15) is 9.59 Å². The molecule has 0 amide bonds. The van der Waals surface area contributed by atoms with Gasteiger partial charge in [-0.05, 0) is 48.8 Å². The minimum Gasteiger partial charge on any atom is -0.478 e. The smallest absolute Gasteiger partial charge is 0.328 e. The fourth-order valence-corrected chi connectivity index (χ4v) is 3.86. The first-order valence-electron chi connectivity index (χ1n) is 10.5. The molecule has 0 saturated heterocycles. The molecule has 5 nitrogen and oxygen atoms in total. The van der Waals surface area contributed by atoms with Gasteiger partial charge in [0.05, 0.1) is 0 Å². The predicted octanol–water partition coefficient (Wildman–Crippen LogP) is 4.39. The zero-order valence-electron chi connectivity index (χ0n) is 19.0. The highest BCUT2D eigenvalue weighted by Gasteiger charge is 2.17. The molecule has 0 saturated carbocycles. The lowest BCUT2D eigenvalue weighted by Gasteiger charge is -2.12. The molecular weight excluding hydrogens is 386 g/mol. The second-order valence-corrected chi connectivity index (χ2v) is 7.30. The van der Waals surface area contributed by atoms with Crippen molar-refractivity contribution < 1.29 is 23.9 Å². The minimum atomic E-state index is -2.03. The summed E-state index contributed by atoms with van der Waals surface area (Å²) < 4.78 is 22.4. The van der Waals surface area contributed by atoms with E-state index < -0.39 is 18.9 Å². The van der Waals surface area contributed by atoms with E-state index in [2.05, 4.69) is 54.6 Å². The Morgan fingerprint density at radius 3 is 2.34 bits per heavy atom. The van der Waals surface area contributed by atoms with Crippen molar-refractivity contribution in [2.24, 2.45) is 0 Å². The zero-order valence-corrected chi connectivity index (χ0v) is 16.9. The number of thioether (sulfide) groups is 1. The van der Waals surface area contributed by atoms with Gasteiger partial charge in [0.25, 0.3) is 0 Å². The van der Waals surface area contributed by atoms with Crippen LogP contribution in [0.3, 0.4) is 0 Å². The largest absolute Gasteiger partial charge is 0.478 e. The fraction of sp³-hybridized carbons (Fsp3) is 0.217. The number of carbonyl (C=O) groups is 2. The van der Waals surface area contributed by atoms with Crippen molar-refractivity contribution in [3.63, 3.8) is 0 Å². The Kier molecular flexibility index (Phi) is 7.06. The van der Waals surface area contributed by atoms with E-state index in [0.29, 0.717) is 25.1 Å². The summed E-state index contributed by atoms with van der Waals surface area (Å²) in [5.41, 5.74) is 5.04. The van der Waals surface area contributed by atoms with Crippen LogP contribution in [0.15, 0.2) is 71.7 Å². The Morgan fingerprint density at radius 2 is 1.69 bits per heavy atom. The molecule has 6 heteroatoms. The summed E-state index contributed by atoms with van der Waals surface area (Å²) in [5, 5.41) is 15.6. The number of fused-ring (bicyclic) bond motifs is 2. The van der Waals surface area contributed by atoms with Gasteiger partial charge < -0.3 is 15.1 Å². The van der Waals surface area contributed by atoms with Gasteiger partial charge in [0.2, 0.25) is 0 Å². The van der Waals surface area contributed by atoms with E-state index in [1.54, 1.807) is 7.05 Å². The highest BCUT2D eigenvalue weighted by Crippen LogP contribution is 2.39. The molecule has 29 heavy (non-hydrogen) atoms. The van der Waals surface area contributed by atoms with E-state index in [0.717, 1.165) is 5.75 Å². The van der Waals surface area contributed by atoms with Crippen molar-refractivity contribution in [3.8, 4) is 0 Å². The van der Waals surface area contributed by atoms with Gasteiger partial charge in [0, 0.05) is 33.5 Å². The molecule has 0 aromatic heterocycles. The number of rotatable bonds is 5. The van der Waals surface area contributed by atoms with Crippen LogP contribution in [-0.2, 0) is 15.3 Å². The molecule has 152 valence electrons. The van der Waals surface area contributed by atoms with E-state index in [-0.39, 0.29) is 0 Å². The molecule has 2 aromatic rings. The lowest BCUT2D eigenvalue weighted by Crippen LogP contribution is -2.12. The molecule has 2 aromatic carbocycles. The summed E-state index contributed by atoms with van der Waals surface area (Å²) in [4.78, 5) is 21.8. The summed E-state index contributed by atoms with van der Waals surface area (Å²) in [6.07, 6.45) is 4.01. The first-order chi connectivity index (χ1) is 15.1. The minimum absolute atomic E-state index is 0.511. The molecule has 0 fully saturated rings. The van der Waals surface area contributed by atoms with E-state index >= 15 is 0 Å². The average Bonchev–Trinajstić information content (AvgIpc) is 2.89. The fourth-order valence-electron chi connectivity index (χ4n) is 2.79. The lowest BCUT2D eigenvalue weighted by atomic mass is 9.93. The van der Waals surface area contributed by atoms with Crippen molar-refractivity contribution in [3.05, 3.63) is 83.4 Å². The van der Waals surface area contributed by atoms with Crippen LogP contribution in [0.2, 0.25) is 0 Å². The van der Waals surface area contributed by atoms with Crippen LogP contribution in [0, 0.1) is 0 Å². The molecule has 0 bridgehead atoms. The van der Waals surface area contributed by atoms with E-state index in [1.165, 1.54) is 32.1 Å². The summed E-state index contributed by atoms with van der Waals surface area (Å²) >= 11 is 1.86. The van der Waals surface area contributed by atoms with Crippen molar-refractivity contribution in [2.75, 3.05) is 20.6 Å². The van der Waals surface area contributed by atoms with Gasteiger partial charge in [-0.3, -0.25) is 0 Å². The number of benzene rings is 2. The summed E-state index contributed by atoms with van der Waals surface area (Å²) in [5.74, 6) is -1.56. The van der Waals surface area contributed by atoms with Crippen LogP contribution in [0.4, 0.5) is 0 Å². The second-order valence-electron chi connectivity index (χ2n) is 6.28. The second kappa shape index (κ2) is 11.2. The van der Waals surface area contributed by atoms with E-state index in [1.807, 2.05) is 11.8 Å². The zero-order chi connectivity index (χ0) is 23.7. The first-order valence-corrected chi connectivity index (χ1v) is 9.94. The van der Waals surface area contributed by atoms with Crippen LogP contribution >= 0.6 is 11.8 Å². The van der Waals surface area contributed by atoms with Crippen molar-refractivity contribution >= 4 is 29.3 Å². The number of aliphatic carboxylic acids is 2. The maximum Gasteiger partial charge on any atom is 0.328 e. The third-order valence-corrected chi connectivity index (χ3v) is 5.17. The van der Waals surface area contributed by atoms with E-state index in [4.69, 9.17) is 14.3 Å². The Bertz CT molecular complexity index is 953. The molecule has 0 atom stereocenters. The number of carboxylic acid groups (broad SMARTS) is 2. The summed E-state index contributed by atoms with van der Waals surface area (Å²) in [6.45, 7) is -1.52. The molecule has 2 N–H and O–H groups in total. The highest BCUT2D eigenvalue weighted by atomic mass is 32.2. The maximum atomic E-state index is 9.55. The number of carboxylic acids is 2. The third-order valence-electron chi connectivity index (χ3n) is 4.05. The van der Waals surface area contributed by atoms with Gasteiger partial charge in [0.1, 0.15) is 0 Å². The average molecular weight is 415 g/mol. The van der Waals surface area contributed by atoms with Gasteiger partial charge in [-0.2, -0.15) is 0 Å². The molecular formula is C23H25NO4S. The molecule has 1 aliphatic heterocycles. The molecule has 0 unspecified atom stereocenters. The van der Waals surface area contributed by atoms with Gasteiger partial charge in [-0.15, -0.1) is 11.8 Å². The Balaban J connectivity index is 0.000000390. The molecule has 1 aliphatic rings. The SMILES string of the molecule is O=C(O)/C=C\C(=O)O.[2H]C([2H])([2H])N(C)CCC=C1c2ccccc2CSc2ccccc21. The normalized spacial score (nSPS) is 15.9. The quantitative estimate of drug-likeness (QED) is 0.707. The molecule has 0 aliphatic carbocycles. The van der Waals surface area contributed by atoms with Gasteiger partial charge in [-0.25, -0.2) is 9.59 Å². The standard InChI is InChI=1S/C19H21NS.C4H4O4/c1-20(2)13-7-11-17-16-9-4-3-8-15(16)14-21-19-12-6-5-10-18(17)19;5-3(6)1-2-4(7)8/h3-6,8-12H,7,13-14H2,1-2H3;1-2H,(H,5,6)(H,7,8)/b;2-1-/i1D3;. The van der Waals surface area contributed by atoms with Crippen molar-refractivity contribution in [1.82, 2.24) is 4.90 Å². The van der Waals surface area contributed by atoms with Gasteiger partial charge in [-0.1, -0.05) is 48.5 Å². The number of nitrogens with zero attached hydrogens (tertiary/aromatic N) is 1. The van der Waals surface area contributed by atoms with Gasteiger partial charge >= 0.3 is 11.9 Å². The molecule has 0 spiro atoms. The van der Waals surface area contributed by atoms with Crippen LogP contribution < -0.4 is 0 Å². The van der Waals surface area contributed by atoms with Crippen molar-refractivity contribution in [2.45, 2.75) is 17.1 Å². The molecule has 0 radical (unpaired) electrons. The highest BCUT2D eigenvalue weighted by molar-refractivity contribution is 7.98. The van der Waals surface area contributed by atoms with Crippen LogP contribution in [0.25, 0.3) is 5.57 Å². The van der Waals surface area contributed by atoms with Gasteiger partial charge in [0.15, 0.2) is 0 Å². The monoisotopic (exact) mass is 414 g/mol. The summed E-state index contributed by atoms with van der Waals surface area (Å²) in [6, 6.07) is 16.9. The van der Waals surface area contributed by atoms with Crippen LogP contribution in [0.1, 0.15) is 27.2 Å². The summed E-state index contributed by atoms with van der Waals surface area (Å²) in [7, 11) is 1.65. The number of hydrogen-bond donors (Lipinski definition) is 2. The number of hydrogen-bond acceptors (Lipinski definition) is 4.